The maximum atomic E-state index is 11.2. The van der Waals surface area contributed by atoms with Crippen molar-refractivity contribution in [1.82, 2.24) is 15.2 Å². The van der Waals surface area contributed by atoms with Crippen molar-refractivity contribution >= 4 is 39.7 Å². The van der Waals surface area contributed by atoms with Crippen molar-refractivity contribution in [2.24, 2.45) is 0 Å². The number of aryl methyl sites for hydroxylation is 1. The van der Waals surface area contributed by atoms with Crippen LogP contribution in [-0.4, -0.2) is 26.3 Å². The second kappa shape index (κ2) is 6.07. The molecule has 0 unspecified atom stereocenters. The van der Waals surface area contributed by atoms with E-state index in [0.717, 1.165) is 11.8 Å². The predicted molar refractivity (Wildman–Crippen MR) is 73.6 cm³/mol. The van der Waals surface area contributed by atoms with Crippen LogP contribution in [0.4, 0.5) is 0 Å². The van der Waals surface area contributed by atoms with Crippen LogP contribution in [0.5, 0.6) is 0 Å². The van der Waals surface area contributed by atoms with Gasteiger partial charge in [-0.15, -0.1) is 5.10 Å². The van der Waals surface area contributed by atoms with E-state index in [1.807, 2.05) is 6.92 Å². The zero-order valence-corrected chi connectivity index (χ0v) is 12.3. The number of carboxylic acid groups (broad SMARTS) is 1. The topological polar surface area (TPSA) is 92.0 Å². The summed E-state index contributed by atoms with van der Waals surface area (Å²) in [6.45, 7) is 1.93. The summed E-state index contributed by atoms with van der Waals surface area (Å²) in [7, 11) is 0. The molecule has 0 fully saturated rings. The summed E-state index contributed by atoms with van der Waals surface area (Å²) < 4.78 is 5.78. The van der Waals surface area contributed by atoms with Crippen molar-refractivity contribution < 1.29 is 14.3 Å². The first kappa shape index (κ1) is 13.9. The molecule has 0 amide bonds. The molecule has 0 spiro atoms. The van der Waals surface area contributed by atoms with Gasteiger partial charge < -0.3 is 9.52 Å². The molecule has 19 heavy (non-hydrogen) atoms. The quantitative estimate of drug-likeness (QED) is 0.640. The third kappa shape index (κ3) is 3.71. The Morgan fingerprint density at radius 3 is 2.95 bits per heavy atom. The minimum Gasteiger partial charge on any atom is -0.477 e. The number of hydrogen-bond donors (Lipinski definition) is 2. The first-order valence-electron chi connectivity index (χ1n) is 5.38. The fourth-order valence-electron chi connectivity index (χ4n) is 1.25. The van der Waals surface area contributed by atoms with Gasteiger partial charge in [0.2, 0.25) is 5.16 Å². The number of nitrogens with zero attached hydrogens (tertiary/aromatic N) is 2. The lowest BCUT2D eigenvalue weighted by Crippen LogP contribution is -1.97. The molecule has 0 atom stereocenters. The van der Waals surface area contributed by atoms with Crippen molar-refractivity contribution in [2.75, 3.05) is 0 Å². The van der Waals surface area contributed by atoms with Crippen LogP contribution < -0.4 is 0 Å². The third-order valence-corrected chi connectivity index (χ3v) is 3.43. The number of halogens is 1. The number of thioether (sulfide) groups is 1. The van der Waals surface area contributed by atoms with E-state index in [9.17, 15) is 4.79 Å². The van der Waals surface area contributed by atoms with Crippen molar-refractivity contribution in [3.05, 3.63) is 33.3 Å². The van der Waals surface area contributed by atoms with E-state index < -0.39 is 5.97 Å². The number of aliphatic carboxylic acids is 1. The minimum atomic E-state index is -1.06. The second-order valence-electron chi connectivity index (χ2n) is 3.48. The van der Waals surface area contributed by atoms with Gasteiger partial charge in [-0.3, -0.25) is 5.10 Å². The van der Waals surface area contributed by atoms with Gasteiger partial charge in [-0.1, -0.05) is 6.92 Å². The van der Waals surface area contributed by atoms with Gasteiger partial charge in [0.25, 0.3) is 0 Å². The van der Waals surface area contributed by atoms with E-state index in [4.69, 9.17) is 9.52 Å². The molecular weight excluding hydrogens is 334 g/mol. The Bertz CT molecular complexity index is 620. The molecule has 6 nitrogen and oxygen atoms in total. The number of carboxylic acids is 1. The molecule has 2 aromatic rings. The fraction of sp³-hybridized carbons (Fsp3) is 0.182. The number of furan rings is 1. The van der Waals surface area contributed by atoms with E-state index in [1.54, 1.807) is 12.1 Å². The Kier molecular flexibility index (Phi) is 4.43. The number of hydrogen-bond acceptors (Lipinski definition) is 5. The van der Waals surface area contributed by atoms with E-state index in [0.29, 0.717) is 27.8 Å². The Hall–Kier alpha value is -1.54. The van der Waals surface area contributed by atoms with Crippen molar-refractivity contribution in [3.63, 3.8) is 0 Å². The van der Waals surface area contributed by atoms with E-state index in [1.165, 1.54) is 6.08 Å². The molecule has 100 valence electrons. The summed E-state index contributed by atoms with van der Waals surface area (Å²) >= 11 is 4.13. The smallest absolute Gasteiger partial charge is 0.342 e. The summed E-state index contributed by atoms with van der Waals surface area (Å²) in [5, 5.41) is 16.2. The molecule has 8 heteroatoms. The minimum absolute atomic E-state index is 0.0866. The van der Waals surface area contributed by atoms with Crippen LogP contribution >= 0.6 is 27.7 Å². The number of nitrogens with one attached hydrogen (secondary N) is 1. The lowest BCUT2D eigenvalue weighted by atomic mass is 10.4. The lowest BCUT2D eigenvalue weighted by Gasteiger charge is -1.96. The maximum Gasteiger partial charge on any atom is 0.342 e. The van der Waals surface area contributed by atoms with Gasteiger partial charge in [-0.05, 0) is 39.8 Å². The maximum absolute atomic E-state index is 11.2. The second-order valence-corrected chi connectivity index (χ2v) is 5.27. The van der Waals surface area contributed by atoms with Crippen LogP contribution in [0, 0.1) is 0 Å². The summed E-state index contributed by atoms with van der Waals surface area (Å²) in [4.78, 5) is 15.4. The monoisotopic (exact) mass is 343 g/mol. The normalized spacial score (nSPS) is 11.8. The third-order valence-electron chi connectivity index (χ3n) is 2.13. The van der Waals surface area contributed by atoms with E-state index >= 15 is 0 Å². The summed E-state index contributed by atoms with van der Waals surface area (Å²) in [6, 6.07) is 3.36. The molecule has 0 saturated carbocycles. The van der Waals surface area contributed by atoms with Crippen LogP contribution in [0.3, 0.4) is 0 Å². The Balaban J connectivity index is 2.21. The molecule has 0 aromatic carbocycles. The van der Waals surface area contributed by atoms with Crippen molar-refractivity contribution in [3.8, 4) is 0 Å². The molecule has 2 N–H and O–H groups in total. The molecule has 0 saturated heterocycles. The van der Waals surface area contributed by atoms with Gasteiger partial charge >= 0.3 is 5.97 Å². The molecule has 0 aliphatic carbocycles. The highest BCUT2D eigenvalue weighted by atomic mass is 79.9. The van der Waals surface area contributed by atoms with Gasteiger partial charge in [-0.25, -0.2) is 9.78 Å². The van der Waals surface area contributed by atoms with Gasteiger partial charge in [0.15, 0.2) is 4.67 Å². The van der Waals surface area contributed by atoms with Gasteiger partial charge in [0.05, 0.1) is 0 Å². The van der Waals surface area contributed by atoms with Gasteiger partial charge in [-0.2, -0.15) is 0 Å². The Labute approximate surface area is 121 Å². The first-order chi connectivity index (χ1) is 9.08. The van der Waals surface area contributed by atoms with Crippen LogP contribution in [0.15, 0.2) is 31.3 Å². The number of rotatable bonds is 5. The largest absolute Gasteiger partial charge is 0.477 e. The first-order valence-corrected chi connectivity index (χ1v) is 6.99. The highest BCUT2D eigenvalue weighted by molar-refractivity contribution is 9.10. The molecule has 2 aromatic heterocycles. The average molecular weight is 344 g/mol. The molecule has 2 heterocycles. The highest BCUT2D eigenvalue weighted by Gasteiger charge is 2.14. The number of aromatic nitrogens is 3. The molecular formula is C11H10BrN3O3S. The summed E-state index contributed by atoms with van der Waals surface area (Å²) in [5.74, 6) is 0.108. The SMILES string of the molecule is CCc1nc(S/C(=C/c2ccc(Br)o2)C(=O)O)n[nH]1. The van der Waals surface area contributed by atoms with Crippen LogP contribution in [0.2, 0.25) is 0 Å². The summed E-state index contributed by atoms with van der Waals surface area (Å²) in [5.41, 5.74) is 0. The predicted octanol–water partition coefficient (Wildman–Crippen LogP) is 2.94. The highest BCUT2D eigenvalue weighted by Crippen LogP contribution is 2.27. The molecule has 2 rings (SSSR count). The van der Waals surface area contributed by atoms with Gasteiger partial charge in [0, 0.05) is 12.5 Å². The van der Waals surface area contributed by atoms with Crippen molar-refractivity contribution in [2.45, 2.75) is 18.5 Å². The number of H-pyrrole nitrogens is 1. The molecule has 0 aliphatic heterocycles. The van der Waals surface area contributed by atoms with Crippen LogP contribution in [0.1, 0.15) is 18.5 Å². The van der Waals surface area contributed by atoms with Crippen molar-refractivity contribution in [1.29, 1.82) is 0 Å². The van der Waals surface area contributed by atoms with Crippen LogP contribution in [-0.2, 0) is 11.2 Å². The Morgan fingerprint density at radius 2 is 2.42 bits per heavy atom. The number of aromatic amines is 1. The van der Waals surface area contributed by atoms with Gasteiger partial charge in [0.1, 0.15) is 16.5 Å². The van der Waals surface area contributed by atoms with Crippen LogP contribution in [0.25, 0.3) is 6.08 Å². The standard InChI is InChI=1S/C11H10BrN3O3S/c1-2-9-13-11(15-14-9)19-7(10(16)17)5-6-3-4-8(12)18-6/h3-5H,2H2,1H3,(H,16,17)(H,13,14,15)/b7-5+. The van der Waals surface area contributed by atoms with E-state index in [-0.39, 0.29) is 4.91 Å². The molecule has 0 radical (unpaired) electrons. The fourth-order valence-corrected chi connectivity index (χ4v) is 2.28. The average Bonchev–Trinajstić information content (AvgIpc) is 2.97. The molecule has 0 bridgehead atoms. The lowest BCUT2D eigenvalue weighted by molar-refractivity contribution is -0.131. The Morgan fingerprint density at radius 1 is 1.63 bits per heavy atom. The zero-order valence-electron chi connectivity index (χ0n) is 9.88. The summed E-state index contributed by atoms with van der Waals surface area (Å²) in [6.07, 6.45) is 2.14. The molecule has 0 aliphatic rings. The number of carbonyl (C=O) groups is 1. The van der Waals surface area contributed by atoms with E-state index in [2.05, 4.69) is 31.1 Å². The zero-order chi connectivity index (χ0) is 13.8.